The summed E-state index contributed by atoms with van der Waals surface area (Å²) in [5.41, 5.74) is 1.65. The summed E-state index contributed by atoms with van der Waals surface area (Å²) >= 11 is 0. The number of rotatable bonds is 9. The quantitative estimate of drug-likeness (QED) is 0.391. The van der Waals surface area contributed by atoms with E-state index >= 15 is 0 Å². The van der Waals surface area contributed by atoms with Gasteiger partial charge in [-0.1, -0.05) is 6.07 Å². The van der Waals surface area contributed by atoms with Crippen molar-refractivity contribution >= 4 is 23.1 Å². The first kappa shape index (κ1) is 22.5. The van der Waals surface area contributed by atoms with E-state index in [2.05, 4.69) is 10.2 Å². The zero-order chi connectivity index (χ0) is 23.1. The van der Waals surface area contributed by atoms with Gasteiger partial charge in [-0.25, -0.2) is 4.84 Å². The minimum atomic E-state index is -0.724. The molecular formula is C24H23N2O6+. The highest BCUT2D eigenvalue weighted by Crippen LogP contribution is 2.21. The van der Waals surface area contributed by atoms with Crippen LogP contribution < -0.4 is 14.8 Å². The van der Waals surface area contributed by atoms with Crippen LogP contribution in [0.4, 0.5) is 11.4 Å². The highest BCUT2D eigenvalue weighted by molar-refractivity contribution is 6.04. The molecule has 1 unspecified atom stereocenters. The Hall–Kier alpha value is -4.20. The smallest absolute Gasteiger partial charge is 0.316 e. The third-order valence-electron chi connectivity index (χ3n) is 4.65. The second-order valence-corrected chi connectivity index (χ2v) is 6.82. The van der Waals surface area contributed by atoms with Crippen molar-refractivity contribution in [2.45, 2.75) is 13.0 Å². The topological polar surface area (TPSA) is 93.9 Å². The van der Waals surface area contributed by atoms with Crippen LogP contribution in [-0.4, -0.2) is 36.9 Å². The van der Waals surface area contributed by atoms with Gasteiger partial charge >= 0.3 is 5.69 Å². The Balaban J connectivity index is 1.64. The second kappa shape index (κ2) is 10.2. The maximum Gasteiger partial charge on any atom is 0.316 e. The number of nitrogens with zero attached hydrogens (tertiary/aromatic N) is 1. The summed E-state index contributed by atoms with van der Waals surface area (Å²) in [6, 6.07) is 19.6. The van der Waals surface area contributed by atoms with Crippen molar-refractivity contribution in [1.29, 1.82) is 0 Å². The van der Waals surface area contributed by atoms with Crippen LogP contribution in [0.1, 0.15) is 27.6 Å². The Labute approximate surface area is 185 Å². The number of anilines is 1. The van der Waals surface area contributed by atoms with Gasteiger partial charge in [-0.2, -0.15) is 0 Å². The van der Waals surface area contributed by atoms with Crippen LogP contribution in [0.15, 0.2) is 72.8 Å². The molecule has 0 saturated carbocycles. The first-order chi connectivity index (χ1) is 15.4. The van der Waals surface area contributed by atoms with Crippen LogP contribution in [0.25, 0.3) is 0 Å². The Bertz CT molecular complexity index is 1110. The highest BCUT2D eigenvalue weighted by atomic mass is 16.8. The van der Waals surface area contributed by atoms with Crippen LogP contribution >= 0.6 is 0 Å². The van der Waals surface area contributed by atoms with Crippen molar-refractivity contribution in [3.63, 3.8) is 0 Å². The molecule has 164 valence electrons. The highest BCUT2D eigenvalue weighted by Gasteiger charge is 2.18. The average Bonchev–Trinajstić information content (AvgIpc) is 2.83. The molecule has 0 aliphatic heterocycles. The molecule has 1 atom stereocenters. The van der Waals surface area contributed by atoms with E-state index < -0.39 is 6.10 Å². The molecule has 0 radical (unpaired) electrons. The Morgan fingerprint density at radius 3 is 2.16 bits per heavy atom. The summed E-state index contributed by atoms with van der Waals surface area (Å²) in [5, 5.41) is 2.77. The molecule has 0 saturated heterocycles. The largest absolute Gasteiger partial charge is 0.497 e. The lowest BCUT2D eigenvalue weighted by Crippen LogP contribution is -2.24. The van der Waals surface area contributed by atoms with E-state index in [0.29, 0.717) is 33.2 Å². The van der Waals surface area contributed by atoms with Gasteiger partial charge in [-0.05, 0) is 55.5 Å². The van der Waals surface area contributed by atoms with E-state index in [4.69, 9.17) is 9.47 Å². The third-order valence-corrected chi connectivity index (χ3v) is 4.65. The molecule has 0 aromatic heterocycles. The lowest BCUT2D eigenvalue weighted by Gasteiger charge is -2.15. The number of carbonyl (C=O) groups is 2. The van der Waals surface area contributed by atoms with Gasteiger partial charge in [-0.3, -0.25) is 9.59 Å². The maximum absolute atomic E-state index is 12.6. The summed E-state index contributed by atoms with van der Waals surface area (Å²) in [4.78, 5) is 41.5. The SMILES string of the molecule is COc1ccc(C(=O)C(C)Oc2cccc(NC(=O)c3ccc([N+](=O)OC)cc3)c2)cc1. The number of carbonyl (C=O) groups excluding carboxylic acids is 2. The molecule has 0 bridgehead atoms. The van der Waals surface area contributed by atoms with Gasteiger partial charge < -0.3 is 14.8 Å². The average molecular weight is 435 g/mol. The number of hydrogen-bond donors (Lipinski definition) is 1. The van der Waals surface area contributed by atoms with Crippen molar-refractivity contribution < 1.29 is 28.8 Å². The van der Waals surface area contributed by atoms with Gasteiger partial charge in [0.25, 0.3) is 10.8 Å². The summed E-state index contributed by atoms with van der Waals surface area (Å²) in [7, 11) is 2.82. The zero-order valence-corrected chi connectivity index (χ0v) is 17.9. The number of methoxy groups -OCH3 is 1. The Morgan fingerprint density at radius 1 is 0.875 bits per heavy atom. The number of hydrogen-bond acceptors (Lipinski definition) is 6. The number of nitrogens with one attached hydrogen (secondary N) is 1. The zero-order valence-electron chi connectivity index (χ0n) is 17.9. The van der Waals surface area contributed by atoms with E-state index in [9.17, 15) is 14.5 Å². The Kier molecular flexibility index (Phi) is 7.17. The molecule has 0 aliphatic rings. The van der Waals surface area contributed by atoms with E-state index in [-0.39, 0.29) is 17.4 Å². The van der Waals surface area contributed by atoms with E-state index in [1.54, 1.807) is 62.6 Å². The van der Waals surface area contributed by atoms with Gasteiger partial charge in [-0.15, -0.1) is 0 Å². The first-order valence-corrected chi connectivity index (χ1v) is 9.79. The van der Waals surface area contributed by atoms with Crippen molar-refractivity contribution in [3.05, 3.63) is 88.8 Å². The molecule has 0 heterocycles. The van der Waals surface area contributed by atoms with Gasteiger partial charge in [0, 0.05) is 35.0 Å². The fourth-order valence-corrected chi connectivity index (χ4v) is 2.94. The third kappa shape index (κ3) is 5.48. The fraction of sp³-hybridized carbons (Fsp3) is 0.167. The molecule has 8 heteroatoms. The number of ether oxygens (including phenoxy) is 2. The monoisotopic (exact) mass is 435 g/mol. The van der Waals surface area contributed by atoms with Crippen LogP contribution in [0.2, 0.25) is 0 Å². The van der Waals surface area contributed by atoms with Crippen LogP contribution in [0.3, 0.4) is 0 Å². The van der Waals surface area contributed by atoms with Crippen molar-refractivity contribution in [2.24, 2.45) is 0 Å². The molecule has 0 spiro atoms. The number of ketones is 1. The normalized spacial score (nSPS) is 11.2. The Morgan fingerprint density at radius 2 is 1.53 bits per heavy atom. The predicted octanol–water partition coefficient (Wildman–Crippen LogP) is 4.57. The molecule has 3 rings (SSSR count). The van der Waals surface area contributed by atoms with E-state index in [1.807, 2.05) is 0 Å². The first-order valence-electron chi connectivity index (χ1n) is 9.79. The molecule has 1 N–H and O–H groups in total. The standard InChI is InChI=1S/C24H22N2O6/c1-16(23(27)17-9-13-21(30-2)14-10-17)32-22-6-4-5-19(15-22)25-24(28)18-7-11-20(12-8-18)26(29)31-3/h4-16H,1-3H3/p+1. The number of Topliss-reactive ketones (excluding diaryl/α,β-unsaturated/α-hetero) is 1. The molecule has 0 fully saturated rings. The van der Waals surface area contributed by atoms with Gasteiger partial charge in [0.2, 0.25) is 5.78 Å². The minimum absolute atomic E-state index is 0.175. The number of amides is 1. The molecular weight excluding hydrogens is 412 g/mol. The molecule has 3 aromatic carbocycles. The minimum Gasteiger partial charge on any atom is -0.497 e. The lowest BCUT2D eigenvalue weighted by molar-refractivity contribution is -0.736. The summed E-state index contributed by atoms with van der Waals surface area (Å²) in [6.07, 6.45) is -0.724. The number of benzene rings is 3. The summed E-state index contributed by atoms with van der Waals surface area (Å²) < 4.78 is 10.9. The molecule has 1 amide bonds. The van der Waals surface area contributed by atoms with Crippen molar-refractivity contribution in [2.75, 3.05) is 19.5 Å². The predicted molar refractivity (Wildman–Crippen MR) is 119 cm³/mol. The van der Waals surface area contributed by atoms with Crippen molar-refractivity contribution in [1.82, 2.24) is 0 Å². The lowest BCUT2D eigenvalue weighted by atomic mass is 10.1. The molecule has 3 aromatic rings. The van der Waals surface area contributed by atoms with Crippen LogP contribution in [0.5, 0.6) is 11.5 Å². The van der Waals surface area contributed by atoms with Crippen LogP contribution in [0, 0.1) is 4.91 Å². The molecule has 0 aliphatic carbocycles. The summed E-state index contributed by atoms with van der Waals surface area (Å²) in [6.45, 7) is 1.67. The van der Waals surface area contributed by atoms with Gasteiger partial charge in [0.1, 0.15) is 11.5 Å². The fourth-order valence-electron chi connectivity index (χ4n) is 2.94. The van der Waals surface area contributed by atoms with E-state index in [1.165, 1.54) is 31.4 Å². The molecule has 8 nitrogen and oxygen atoms in total. The van der Waals surface area contributed by atoms with Gasteiger partial charge in [0.15, 0.2) is 13.2 Å². The maximum atomic E-state index is 12.6. The van der Waals surface area contributed by atoms with Gasteiger partial charge in [0.05, 0.1) is 12.0 Å². The summed E-state index contributed by atoms with van der Waals surface area (Å²) in [5.74, 6) is 0.573. The molecule has 32 heavy (non-hydrogen) atoms. The van der Waals surface area contributed by atoms with E-state index in [0.717, 1.165) is 0 Å². The second-order valence-electron chi connectivity index (χ2n) is 6.82. The van der Waals surface area contributed by atoms with Crippen molar-refractivity contribution in [3.8, 4) is 11.5 Å². The van der Waals surface area contributed by atoms with Crippen LogP contribution in [-0.2, 0) is 4.84 Å².